The van der Waals surface area contributed by atoms with Gasteiger partial charge in [0.15, 0.2) is 0 Å². The third kappa shape index (κ3) is 3.66. The average molecular weight is 235 g/mol. The molecule has 0 aliphatic carbocycles. The lowest BCUT2D eigenvalue weighted by atomic mass is 10.1. The van der Waals surface area contributed by atoms with Gasteiger partial charge in [0.25, 0.3) is 0 Å². The average Bonchev–Trinajstić information content (AvgIpc) is 2.30. The summed E-state index contributed by atoms with van der Waals surface area (Å²) in [4.78, 5) is 2.24. The Kier molecular flexibility index (Phi) is 4.82. The van der Waals surface area contributed by atoms with Crippen LogP contribution in [-0.2, 0) is 0 Å². The summed E-state index contributed by atoms with van der Waals surface area (Å²) in [7, 11) is 0. The smallest absolute Gasteiger partial charge is 0.141 e. The molecule has 0 saturated heterocycles. The van der Waals surface area contributed by atoms with Crippen molar-refractivity contribution in [1.29, 1.82) is 0 Å². The van der Waals surface area contributed by atoms with Crippen molar-refractivity contribution in [2.24, 2.45) is 10.9 Å². The maximum absolute atomic E-state index is 8.60. The second-order valence-corrected chi connectivity index (χ2v) is 4.27. The fourth-order valence-electron chi connectivity index (χ4n) is 2.01. The van der Waals surface area contributed by atoms with E-state index in [1.165, 1.54) is 11.3 Å². The summed E-state index contributed by atoms with van der Waals surface area (Å²) >= 11 is 0. The molecule has 0 amide bonds. The molecule has 1 aromatic carbocycles. The molecular weight excluding hydrogens is 214 g/mol. The van der Waals surface area contributed by atoms with Crippen LogP contribution in [0.2, 0.25) is 0 Å². The lowest BCUT2D eigenvalue weighted by Crippen LogP contribution is -2.36. The molecule has 1 rings (SSSR count). The van der Waals surface area contributed by atoms with Crippen LogP contribution >= 0.6 is 0 Å². The van der Waals surface area contributed by atoms with Crippen molar-refractivity contribution >= 4 is 11.5 Å². The Morgan fingerprint density at radius 1 is 1.53 bits per heavy atom. The molecule has 4 nitrogen and oxygen atoms in total. The summed E-state index contributed by atoms with van der Waals surface area (Å²) in [5.41, 5.74) is 7.95. The first-order chi connectivity index (χ1) is 8.08. The summed E-state index contributed by atoms with van der Waals surface area (Å²) in [5.74, 6) is 0.267. The molecule has 1 unspecified atom stereocenters. The minimum atomic E-state index is 0.206. The number of benzene rings is 1. The Morgan fingerprint density at radius 3 is 2.76 bits per heavy atom. The van der Waals surface area contributed by atoms with Gasteiger partial charge >= 0.3 is 0 Å². The van der Waals surface area contributed by atoms with Crippen LogP contribution in [0, 0.1) is 6.92 Å². The summed E-state index contributed by atoms with van der Waals surface area (Å²) in [6.45, 7) is 7.14. The lowest BCUT2D eigenvalue weighted by Gasteiger charge is -2.30. The van der Waals surface area contributed by atoms with Gasteiger partial charge < -0.3 is 15.8 Å². The quantitative estimate of drug-likeness (QED) is 0.356. The van der Waals surface area contributed by atoms with Crippen LogP contribution in [0.3, 0.4) is 0 Å². The first-order valence-electron chi connectivity index (χ1n) is 5.88. The monoisotopic (exact) mass is 235 g/mol. The number of hydrogen-bond donors (Lipinski definition) is 2. The minimum absolute atomic E-state index is 0.206. The molecule has 0 aliphatic rings. The van der Waals surface area contributed by atoms with Crippen LogP contribution < -0.4 is 10.6 Å². The van der Waals surface area contributed by atoms with Crippen molar-refractivity contribution in [1.82, 2.24) is 0 Å². The van der Waals surface area contributed by atoms with E-state index in [1.807, 2.05) is 6.07 Å². The number of rotatable bonds is 5. The molecule has 17 heavy (non-hydrogen) atoms. The molecule has 3 N–H and O–H groups in total. The third-order valence-corrected chi connectivity index (χ3v) is 2.84. The van der Waals surface area contributed by atoms with Gasteiger partial charge in [-0.1, -0.05) is 17.3 Å². The molecule has 1 atom stereocenters. The van der Waals surface area contributed by atoms with E-state index in [0.29, 0.717) is 6.42 Å². The van der Waals surface area contributed by atoms with Gasteiger partial charge in [0.1, 0.15) is 5.84 Å². The van der Waals surface area contributed by atoms with Crippen LogP contribution in [0.1, 0.15) is 25.8 Å². The van der Waals surface area contributed by atoms with Crippen molar-refractivity contribution in [2.75, 3.05) is 11.4 Å². The Balaban J connectivity index is 2.84. The molecule has 4 heteroatoms. The number of aryl methyl sites for hydroxylation is 1. The molecule has 94 valence electrons. The Morgan fingerprint density at radius 2 is 2.24 bits per heavy atom. The first kappa shape index (κ1) is 13.4. The highest BCUT2D eigenvalue weighted by Crippen LogP contribution is 2.19. The summed E-state index contributed by atoms with van der Waals surface area (Å²) < 4.78 is 0. The molecule has 0 bridgehead atoms. The maximum Gasteiger partial charge on any atom is 0.141 e. The Bertz CT molecular complexity index is 390. The number of hydrogen-bond acceptors (Lipinski definition) is 3. The number of anilines is 1. The highest BCUT2D eigenvalue weighted by atomic mass is 16.4. The normalized spacial score (nSPS) is 13.5. The van der Waals surface area contributed by atoms with Crippen molar-refractivity contribution in [3.05, 3.63) is 29.8 Å². The Hall–Kier alpha value is -1.71. The van der Waals surface area contributed by atoms with E-state index in [1.54, 1.807) is 0 Å². The van der Waals surface area contributed by atoms with E-state index >= 15 is 0 Å². The van der Waals surface area contributed by atoms with Crippen LogP contribution in [0.4, 0.5) is 5.69 Å². The van der Waals surface area contributed by atoms with Gasteiger partial charge in [-0.05, 0) is 38.5 Å². The van der Waals surface area contributed by atoms with Gasteiger partial charge in [-0.2, -0.15) is 0 Å². The molecule has 0 fully saturated rings. The SMILES string of the molecule is CCN(c1cccc(C)c1)C(C)C/C(N)=N/O. The van der Waals surface area contributed by atoms with Crippen LogP contribution in [-0.4, -0.2) is 23.6 Å². The Labute approximate surface area is 103 Å². The van der Waals surface area contributed by atoms with Crippen LogP contribution in [0.15, 0.2) is 29.4 Å². The predicted octanol–water partition coefficient (Wildman–Crippen LogP) is 2.35. The highest BCUT2D eigenvalue weighted by molar-refractivity contribution is 5.80. The van der Waals surface area contributed by atoms with E-state index in [2.05, 4.69) is 49.0 Å². The standard InChI is InChI=1S/C13H21N3O/c1-4-16(11(3)9-13(14)15-17)12-7-5-6-10(2)8-12/h5-8,11,17H,4,9H2,1-3H3,(H2,14,15). The summed E-state index contributed by atoms with van der Waals surface area (Å²) in [6, 6.07) is 8.55. The van der Waals surface area contributed by atoms with Gasteiger partial charge in [0.2, 0.25) is 0 Å². The number of amidine groups is 1. The third-order valence-electron chi connectivity index (χ3n) is 2.84. The largest absolute Gasteiger partial charge is 0.409 e. The number of oxime groups is 1. The fraction of sp³-hybridized carbons (Fsp3) is 0.462. The molecular formula is C13H21N3O. The predicted molar refractivity (Wildman–Crippen MR) is 71.7 cm³/mol. The van der Waals surface area contributed by atoms with E-state index in [-0.39, 0.29) is 11.9 Å². The zero-order chi connectivity index (χ0) is 12.8. The van der Waals surface area contributed by atoms with Gasteiger partial charge in [-0.25, -0.2) is 0 Å². The van der Waals surface area contributed by atoms with Crippen molar-refractivity contribution < 1.29 is 5.21 Å². The first-order valence-corrected chi connectivity index (χ1v) is 5.88. The maximum atomic E-state index is 8.60. The zero-order valence-electron chi connectivity index (χ0n) is 10.7. The van der Waals surface area contributed by atoms with Crippen LogP contribution in [0.25, 0.3) is 0 Å². The molecule has 1 aromatic rings. The summed E-state index contributed by atoms with van der Waals surface area (Å²) in [6.07, 6.45) is 0.554. The topological polar surface area (TPSA) is 61.8 Å². The van der Waals surface area contributed by atoms with Crippen molar-refractivity contribution in [2.45, 2.75) is 33.2 Å². The van der Waals surface area contributed by atoms with E-state index < -0.39 is 0 Å². The molecule has 0 aromatic heterocycles. The van der Waals surface area contributed by atoms with Gasteiger partial charge in [-0.15, -0.1) is 0 Å². The lowest BCUT2D eigenvalue weighted by molar-refractivity contribution is 0.316. The number of nitrogens with two attached hydrogens (primary N) is 1. The van der Waals surface area contributed by atoms with Crippen LogP contribution in [0.5, 0.6) is 0 Å². The van der Waals surface area contributed by atoms with Gasteiger partial charge in [0, 0.05) is 24.7 Å². The number of nitrogens with zero attached hydrogens (tertiary/aromatic N) is 2. The molecule has 0 radical (unpaired) electrons. The van der Waals surface area contributed by atoms with E-state index in [4.69, 9.17) is 10.9 Å². The molecule has 0 aliphatic heterocycles. The molecule has 0 heterocycles. The fourth-order valence-corrected chi connectivity index (χ4v) is 2.01. The van der Waals surface area contributed by atoms with Gasteiger partial charge in [0.05, 0.1) is 0 Å². The van der Waals surface area contributed by atoms with Crippen molar-refractivity contribution in [3.8, 4) is 0 Å². The highest BCUT2D eigenvalue weighted by Gasteiger charge is 2.14. The molecule has 0 saturated carbocycles. The van der Waals surface area contributed by atoms with Gasteiger partial charge in [-0.3, -0.25) is 0 Å². The second-order valence-electron chi connectivity index (χ2n) is 4.27. The second kappa shape index (κ2) is 6.13. The zero-order valence-corrected chi connectivity index (χ0v) is 10.7. The van der Waals surface area contributed by atoms with E-state index in [9.17, 15) is 0 Å². The van der Waals surface area contributed by atoms with E-state index in [0.717, 1.165) is 6.54 Å². The van der Waals surface area contributed by atoms with Crippen molar-refractivity contribution in [3.63, 3.8) is 0 Å². The molecule has 0 spiro atoms. The summed E-state index contributed by atoms with van der Waals surface area (Å²) in [5, 5.41) is 11.6. The minimum Gasteiger partial charge on any atom is -0.409 e.